The van der Waals surface area contributed by atoms with Crippen molar-refractivity contribution in [2.45, 2.75) is 6.54 Å². The van der Waals surface area contributed by atoms with Crippen molar-refractivity contribution in [3.63, 3.8) is 0 Å². The molecule has 0 saturated carbocycles. The molecule has 0 amide bonds. The highest BCUT2D eigenvalue weighted by Gasteiger charge is 2.11. The van der Waals surface area contributed by atoms with Crippen molar-refractivity contribution in [3.05, 3.63) is 34.4 Å². The number of hydrogen-bond donors (Lipinski definition) is 2. The summed E-state index contributed by atoms with van der Waals surface area (Å²) in [5.41, 5.74) is 9.81. The van der Waals surface area contributed by atoms with E-state index >= 15 is 0 Å². The van der Waals surface area contributed by atoms with E-state index in [4.69, 9.17) is 23.1 Å². The van der Waals surface area contributed by atoms with E-state index in [0.29, 0.717) is 0 Å². The van der Waals surface area contributed by atoms with E-state index < -0.39 is 11.6 Å². The van der Waals surface area contributed by atoms with Gasteiger partial charge < -0.3 is 11.5 Å². The van der Waals surface area contributed by atoms with E-state index in [1.165, 1.54) is 0 Å². The van der Waals surface area contributed by atoms with Gasteiger partial charge in [-0.2, -0.15) is 0 Å². The summed E-state index contributed by atoms with van der Waals surface area (Å²) >= 11 is 5.45. The lowest BCUT2D eigenvalue weighted by Crippen LogP contribution is -2.22. The lowest BCUT2D eigenvalue weighted by atomic mass is 10.2. The van der Waals surface area contributed by atoms with Gasteiger partial charge in [-0.3, -0.25) is 0 Å². The monoisotopic (exact) mass is 255 g/mol. The number of nitrogens with zero attached hydrogens (tertiary/aromatic N) is 1. The van der Waals surface area contributed by atoms with Crippen molar-refractivity contribution < 1.29 is 8.78 Å². The van der Waals surface area contributed by atoms with Crippen LogP contribution in [0.15, 0.2) is 17.1 Å². The molecule has 0 bridgehead atoms. The smallest absolute Gasteiger partial charge is 0.186 e. The minimum Gasteiger partial charge on any atom is -0.370 e. The first-order valence-corrected chi connectivity index (χ1v) is 4.08. The van der Waals surface area contributed by atoms with E-state index in [-0.39, 0.29) is 35.5 Å². The van der Waals surface area contributed by atoms with Crippen molar-refractivity contribution in [3.8, 4) is 0 Å². The van der Waals surface area contributed by atoms with Crippen molar-refractivity contribution in [2.75, 3.05) is 0 Å². The molecule has 15 heavy (non-hydrogen) atoms. The summed E-state index contributed by atoms with van der Waals surface area (Å²) in [6, 6.07) is 2.19. The van der Waals surface area contributed by atoms with Gasteiger partial charge in [0.05, 0.1) is 11.6 Å². The number of halogens is 4. The second-order valence-electron chi connectivity index (χ2n) is 2.56. The number of aliphatic imine (C=N–C) groups is 1. The predicted octanol–water partition coefficient (Wildman–Crippen LogP) is 1.81. The van der Waals surface area contributed by atoms with Gasteiger partial charge in [0.25, 0.3) is 0 Å². The summed E-state index contributed by atoms with van der Waals surface area (Å²) in [5, 5.41) is -0.160. The van der Waals surface area contributed by atoms with E-state index in [0.717, 1.165) is 12.1 Å². The van der Waals surface area contributed by atoms with Crippen LogP contribution < -0.4 is 11.5 Å². The zero-order valence-corrected chi connectivity index (χ0v) is 9.08. The summed E-state index contributed by atoms with van der Waals surface area (Å²) in [7, 11) is 0. The van der Waals surface area contributed by atoms with Gasteiger partial charge >= 0.3 is 0 Å². The number of guanidine groups is 1. The normalized spacial score (nSPS) is 9.27. The first-order valence-electron chi connectivity index (χ1n) is 3.70. The summed E-state index contributed by atoms with van der Waals surface area (Å²) in [6.45, 7) is -0.263. The average molecular weight is 256 g/mol. The fraction of sp³-hybridized carbons (Fsp3) is 0.125. The summed E-state index contributed by atoms with van der Waals surface area (Å²) in [5.74, 6) is -1.79. The molecule has 1 aromatic rings. The SMILES string of the molecule is Cl.NC(N)=NCc1c(F)ccc(Cl)c1F. The highest BCUT2D eigenvalue weighted by Crippen LogP contribution is 2.21. The molecule has 0 aromatic heterocycles. The molecule has 0 radical (unpaired) electrons. The average Bonchev–Trinajstić information content (AvgIpc) is 2.11. The quantitative estimate of drug-likeness (QED) is 0.481. The number of nitrogens with two attached hydrogens (primary N) is 2. The van der Waals surface area contributed by atoms with Crippen LogP contribution in [0.4, 0.5) is 8.78 Å². The first-order chi connectivity index (χ1) is 6.52. The highest BCUT2D eigenvalue weighted by atomic mass is 35.5. The molecule has 1 aromatic carbocycles. The van der Waals surface area contributed by atoms with Gasteiger partial charge in [0.1, 0.15) is 11.6 Å². The van der Waals surface area contributed by atoms with Gasteiger partial charge in [0, 0.05) is 5.56 Å². The fourth-order valence-corrected chi connectivity index (χ4v) is 1.06. The standard InChI is InChI=1S/C8H8ClF2N3.ClH/c9-5-1-2-6(10)4(7(5)11)3-14-8(12)13;/h1-2H,3H2,(H4,12,13,14);1H. The van der Waals surface area contributed by atoms with Gasteiger partial charge in [0.2, 0.25) is 0 Å². The molecule has 0 unspecified atom stereocenters. The van der Waals surface area contributed by atoms with E-state index in [2.05, 4.69) is 4.99 Å². The molecule has 0 aliphatic rings. The Hall–Kier alpha value is -1.07. The minimum atomic E-state index is -0.836. The van der Waals surface area contributed by atoms with Crippen molar-refractivity contribution in [1.82, 2.24) is 0 Å². The van der Waals surface area contributed by atoms with Crippen molar-refractivity contribution in [1.29, 1.82) is 0 Å². The molecule has 0 atom stereocenters. The third-order valence-electron chi connectivity index (χ3n) is 1.56. The Bertz CT molecular complexity index is 378. The Morgan fingerprint density at radius 1 is 1.33 bits per heavy atom. The molecule has 1 rings (SSSR count). The molecule has 0 saturated heterocycles. The van der Waals surface area contributed by atoms with E-state index in [1.54, 1.807) is 0 Å². The number of rotatable bonds is 2. The molecule has 0 aliphatic heterocycles. The van der Waals surface area contributed by atoms with Crippen LogP contribution in [0.3, 0.4) is 0 Å². The topological polar surface area (TPSA) is 64.4 Å². The van der Waals surface area contributed by atoms with Crippen LogP contribution in [0.5, 0.6) is 0 Å². The van der Waals surface area contributed by atoms with Crippen LogP contribution in [0.1, 0.15) is 5.56 Å². The predicted molar refractivity (Wildman–Crippen MR) is 58.1 cm³/mol. The van der Waals surface area contributed by atoms with E-state index in [9.17, 15) is 8.78 Å². The molecule has 7 heteroatoms. The van der Waals surface area contributed by atoms with Crippen LogP contribution in [0, 0.1) is 11.6 Å². The Morgan fingerprint density at radius 3 is 2.47 bits per heavy atom. The Labute approximate surface area is 96.5 Å². The van der Waals surface area contributed by atoms with Crippen molar-refractivity contribution in [2.24, 2.45) is 16.5 Å². The highest BCUT2D eigenvalue weighted by molar-refractivity contribution is 6.30. The largest absolute Gasteiger partial charge is 0.370 e. The second kappa shape index (κ2) is 5.72. The Balaban J connectivity index is 0.00000196. The molecule has 3 nitrogen and oxygen atoms in total. The zero-order valence-electron chi connectivity index (χ0n) is 7.51. The second-order valence-corrected chi connectivity index (χ2v) is 2.97. The molecule has 0 heterocycles. The molecular formula is C8H9Cl2F2N3. The molecule has 84 valence electrons. The van der Waals surface area contributed by atoms with E-state index in [1.807, 2.05) is 0 Å². The fourth-order valence-electron chi connectivity index (χ4n) is 0.884. The van der Waals surface area contributed by atoms with Crippen molar-refractivity contribution >= 4 is 30.0 Å². The summed E-state index contributed by atoms with van der Waals surface area (Å²) < 4.78 is 26.2. The Morgan fingerprint density at radius 2 is 1.93 bits per heavy atom. The van der Waals surface area contributed by atoms with Gasteiger partial charge in [-0.15, -0.1) is 12.4 Å². The zero-order chi connectivity index (χ0) is 10.7. The van der Waals surface area contributed by atoms with Crippen LogP contribution in [-0.4, -0.2) is 5.96 Å². The first kappa shape index (κ1) is 13.9. The maximum atomic E-state index is 13.2. The summed E-state index contributed by atoms with van der Waals surface area (Å²) in [4.78, 5) is 3.49. The molecular weight excluding hydrogens is 247 g/mol. The van der Waals surface area contributed by atoms with Gasteiger partial charge in [-0.25, -0.2) is 13.8 Å². The lowest BCUT2D eigenvalue weighted by Gasteiger charge is -2.03. The van der Waals surface area contributed by atoms with Gasteiger partial charge in [0.15, 0.2) is 5.96 Å². The van der Waals surface area contributed by atoms with Crippen LogP contribution in [0.2, 0.25) is 5.02 Å². The number of hydrogen-bond acceptors (Lipinski definition) is 1. The molecule has 0 spiro atoms. The van der Waals surface area contributed by atoms with Crippen LogP contribution in [-0.2, 0) is 6.54 Å². The molecule has 4 N–H and O–H groups in total. The lowest BCUT2D eigenvalue weighted by molar-refractivity contribution is 0.557. The van der Waals surface area contributed by atoms with Gasteiger partial charge in [-0.1, -0.05) is 11.6 Å². The maximum absolute atomic E-state index is 13.2. The molecule has 0 fully saturated rings. The maximum Gasteiger partial charge on any atom is 0.186 e. The van der Waals surface area contributed by atoms with Crippen LogP contribution in [0.25, 0.3) is 0 Å². The third kappa shape index (κ3) is 3.53. The van der Waals surface area contributed by atoms with Gasteiger partial charge in [-0.05, 0) is 12.1 Å². The Kier molecular flexibility index (Phi) is 5.32. The minimum absolute atomic E-state index is 0. The molecule has 0 aliphatic carbocycles. The van der Waals surface area contributed by atoms with Crippen LogP contribution >= 0.6 is 24.0 Å². The third-order valence-corrected chi connectivity index (χ3v) is 1.85. The summed E-state index contributed by atoms with van der Waals surface area (Å²) in [6.07, 6.45) is 0. The number of benzene rings is 1.